The van der Waals surface area contributed by atoms with E-state index in [4.69, 9.17) is 5.73 Å². The number of nitrogens with one attached hydrogen (secondary N) is 1. The Labute approximate surface area is 117 Å². The maximum absolute atomic E-state index is 13.6. The number of benzene rings is 1. The Morgan fingerprint density at radius 2 is 1.80 bits per heavy atom. The van der Waals surface area contributed by atoms with Crippen molar-refractivity contribution in [2.45, 2.75) is 26.7 Å². The summed E-state index contributed by atoms with van der Waals surface area (Å²) < 4.78 is 31.7. The van der Waals surface area contributed by atoms with E-state index in [2.05, 4.69) is 10.1 Å². The van der Waals surface area contributed by atoms with E-state index >= 15 is 0 Å². The number of rotatable bonds is 6. The Bertz CT molecular complexity index is 457. The SMILES string of the molecule is CCC(CC)(CN)C(=O)Nc1cc(F)c(OC)c(F)c1. The van der Waals surface area contributed by atoms with Crippen LogP contribution in [0.2, 0.25) is 0 Å². The van der Waals surface area contributed by atoms with Gasteiger partial charge in [0.2, 0.25) is 5.91 Å². The Hall–Kier alpha value is -1.69. The summed E-state index contributed by atoms with van der Waals surface area (Å²) in [4.78, 5) is 12.2. The molecular weight excluding hydrogens is 266 g/mol. The molecule has 0 aliphatic rings. The topological polar surface area (TPSA) is 64.4 Å². The average Bonchev–Trinajstić information content (AvgIpc) is 2.41. The van der Waals surface area contributed by atoms with Crippen molar-refractivity contribution in [3.63, 3.8) is 0 Å². The van der Waals surface area contributed by atoms with Crippen LogP contribution in [-0.4, -0.2) is 19.6 Å². The molecule has 0 unspecified atom stereocenters. The Balaban J connectivity index is 3.02. The van der Waals surface area contributed by atoms with Crippen LogP contribution in [0.15, 0.2) is 12.1 Å². The summed E-state index contributed by atoms with van der Waals surface area (Å²) in [5.74, 6) is -2.55. The van der Waals surface area contributed by atoms with Gasteiger partial charge in [-0.3, -0.25) is 4.79 Å². The highest BCUT2D eigenvalue weighted by Crippen LogP contribution is 2.29. The second-order valence-electron chi connectivity index (χ2n) is 4.62. The van der Waals surface area contributed by atoms with Crippen molar-refractivity contribution >= 4 is 11.6 Å². The molecule has 0 saturated carbocycles. The number of hydrogen-bond acceptors (Lipinski definition) is 3. The Morgan fingerprint density at radius 3 is 2.15 bits per heavy atom. The molecule has 0 radical (unpaired) electrons. The fourth-order valence-electron chi connectivity index (χ4n) is 2.04. The van der Waals surface area contributed by atoms with Gasteiger partial charge in [0.25, 0.3) is 0 Å². The first-order valence-electron chi connectivity index (χ1n) is 6.48. The number of ether oxygens (including phenoxy) is 1. The van der Waals surface area contributed by atoms with E-state index in [9.17, 15) is 13.6 Å². The highest BCUT2D eigenvalue weighted by Gasteiger charge is 2.33. The molecule has 0 fully saturated rings. The van der Waals surface area contributed by atoms with E-state index < -0.39 is 22.8 Å². The molecule has 20 heavy (non-hydrogen) atoms. The maximum atomic E-state index is 13.6. The summed E-state index contributed by atoms with van der Waals surface area (Å²) in [7, 11) is 1.17. The molecule has 0 heterocycles. The van der Waals surface area contributed by atoms with Gasteiger partial charge in [0.1, 0.15) is 0 Å². The van der Waals surface area contributed by atoms with Gasteiger partial charge in [0.05, 0.1) is 12.5 Å². The third kappa shape index (κ3) is 3.07. The molecule has 112 valence electrons. The molecule has 0 bridgehead atoms. The normalized spacial score (nSPS) is 11.3. The molecule has 6 heteroatoms. The number of amides is 1. The lowest BCUT2D eigenvalue weighted by Crippen LogP contribution is -2.41. The molecule has 0 aromatic heterocycles. The molecule has 4 nitrogen and oxygen atoms in total. The first-order valence-corrected chi connectivity index (χ1v) is 6.48. The average molecular weight is 286 g/mol. The van der Waals surface area contributed by atoms with Crippen LogP contribution in [-0.2, 0) is 4.79 Å². The lowest BCUT2D eigenvalue weighted by Gasteiger charge is -2.28. The number of nitrogens with two attached hydrogens (primary N) is 1. The highest BCUT2D eigenvalue weighted by molar-refractivity contribution is 5.95. The zero-order valence-electron chi connectivity index (χ0n) is 11.9. The fourth-order valence-corrected chi connectivity index (χ4v) is 2.04. The van der Waals surface area contributed by atoms with Crippen LogP contribution in [0.5, 0.6) is 5.75 Å². The number of methoxy groups -OCH3 is 1. The monoisotopic (exact) mass is 286 g/mol. The van der Waals surface area contributed by atoms with Crippen molar-refractivity contribution in [2.24, 2.45) is 11.1 Å². The number of halogens is 2. The Morgan fingerprint density at radius 1 is 1.30 bits per heavy atom. The van der Waals surface area contributed by atoms with Gasteiger partial charge in [-0.05, 0) is 12.8 Å². The number of carbonyl (C=O) groups is 1. The minimum atomic E-state index is -0.867. The summed E-state index contributed by atoms with van der Waals surface area (Å²) in [5, 5.41) is 2.51. The van der Waals surface area contributed by atoms with Gasteiger partial charge in [0.15, 0.2) is 17.4 Å². The van der Waals surface area contributed by atoms with E-state index in [1.165, 1.54) is 7.11 Å². The predicted molar refractivity (Wildman–Crippen MR) is 73.6 cm³/mol. The van der Waals surface area contributed by atoms with E-state index in [0.717, 1.165) is 12.1 Å². The van der Waals surface area contributed by atoms with Gasteiger partial charge < -0.3 is 15.8 Å². The Kier molecular flexibility index (Phi) is 5.44. The summed E-state index contributed by atoms with van der Waals surface area (Å²) in [5.41, 5.74) is 4.98. The maximum Gasteiger partial charge on any atom is 0.231 e. The lowest BCUT2D eigenvalue weighted by atomic mass is 9.81. The summed E-state index contributed by atoms with van der Waals surface area (Å²) in [6, 6.07) is 2.04. The number of carbonyl (C=O) groups excluding carboxylic acids is 1. The number of hydrogen-bond donors (Lipinski definition) is 2. The van der Waals surface area contributed by atoms with Crippen molar-refractivity contribution in [2.75, 3.05) is 19.0 Å². The van der Waals surface area contributed by atoms with Gasteiger partial charge in [-0.1, -0.05) is 13.8 Å². The van der Waals surface area contributed by atoms with Crippen LogP contribution < -0.4 is 15.8 Å². The van der Waals surface area contributed by atoms with Crippen molar-refractivity contribution in [3.05, 3.63) is 23.8 Å². The largest absolute Gasteiger partial charge is 0.491 e. The zero-order chi connectivity index (χ0) is 15.3. The van der Waals surface area contributed by atoms with E-state index in [0.29, 0.717) is 12.8 Å². The molecular formula is C14H20F2N2O2. The van der Waals surface area contributed by atoms with Crippen LogP contribution in [0.3, 0.4) is 0 Å². The second-order valence-corrected chi connectivity index (χ2v) is 4.62. The quantitative estimate of drug-likeness (QED) is 0.845. The van der Waals surface area contributed by atoms with Gasteiger partial charge >= 0.3 is 0 Å². The van der Waals surface area contributed by atoms with Crippen LogP contribution >= 0.6 is 0 Å². The van der Waals surface area contributed by atoms with Gasteiger partial charge in [0, 0.05) is 24.4 Å². The van der Waals surface area contributed by atoms with Crippen LogP contribution in [0.4, 0.5) is 14.5 Å². The standard InChI is InChI=1S/C14H20F2N2O2/c1-4-14(5-2,8-17)13(19)18-9-6-10(15)12(20-3)11(16)7-9/h6-7H,4-5,8,17H2,1-3H3,(H,18,19). The van der Waals surface area contributed by atoms with Gasteiger partial charge in [-0.2, -0.15) is 0 Å². The first-order chi connectivity index (χ1) is 9.43. The molecule has 1 aromatic carbocycles. The zero-order valence-corrected chi connectivity index (χ0v) is 11.9. The number of anilines is 1. The summed E-state index contributed by atoms with van der Waals surface area (Å²) >= 11 is 0. The third-order valence-corrected chi connectivity index (χ3v) is 3.69. The minimum Gasteiger partial charge on any atom is -0.491 e. The molecule has 1 aromatic rings. The smallest absolute Gasteiger partial charge is 0.231 e. The fraction of sp³-hybridized carbons (Fsp3) is 0.500. The molecule has 0 aliphatic carbocycles. The third-order valence-electron chi connectivity index (χ3n) is 3.69. The first kappa shape index (κ1) is 16.4. The lowest BCUT2D eigenvalue weighted by molar-refractivity contribution is -0.125. The van der Waals surface area contributed by atoms with Crippen molar-refractivity contribution in [1.29, 1.82) is 0 Å². The van der Waals surface area contributed by atoms with Crippen LogP contribution in [0, 0.1) is 17.0 Å². The molecule has 0 saturated heterocycles. The predicted octanol–water partition coefficient (Wildman–Crippen LogP) is 2.68. The van der Waals surface area contributed by atoms with Crippen LogP contribution in [0.1, 0.15) is 26.7 Å². The molecule has 1 amide bonds. The van der Waals surface area contributed by atoms with E-state index in [1.807, 2.05) is 13.8 Å². The van der Waals surface area contributed by atoms with E-state index in [1.54, 1.807) is 0 Å². The molecule has 3 N–H and O–H groups in total. The molecule has 0 aliphatic heterocycles. The molecule has 1 rings (SSSR count). The van der Waals surface area contributed by atoms with Crippen molar-refractivity contribution in [1.82, 2.24) is 0 Å². The summed E-state index contributed by atoms with van der Waals surface area (Å²) in [6.45, 7) is 3.88. The molecule has 0 spiro atoms. The van der Waals surface area contributed by atoms with E-state index in [-0.39, 0.29) is 18.1 Å². The van der Waals surface area contributed by atoms with Gasteiger partial charge in [-0.15, -0.1) is 0 Å². The van der Waals surface area contributed by atoms with Crippen LogP contribution in [0.25, 0.3) is 0 Å². The molecule has 0 atom stereocenters. The second kappa shape index (κ2) is 6.65. The van der Waals surface area contributed by atoms with Crippen molar-refractivity contribution in [3.8, 4) is 5.75 Å². The summed E-state index contributed by atoms with van der Waals surface area (Å²) in [6.07, 6.45) is 1.10. The van der Waals surface area contributed by atoms with Gasteiger partial charge in [-0.25, -0.2) is 8.78 Å². The minimum absolute atomic E-state index is 0.0468. The highest BCUT2D eigenvalue weighted by atomic mass is 19.1. The van der Waals surface area contributed by atoms with Crippen molar-refractivity contribution < 1.29 is 18.3 Å².